The molecule has 3 aromatic rings. The first kappa shape index (κ1) is 16.5. The number of aromatic nitrogens is 3. The fourth-order valence-electron chi connectivity index (χ4n) is 3.28. The number of nitrogens with one attached hydrogen (secondary N) is 2. The van der Waals surface area contributed by atoms with Crippen LogP contribution < -0.4 is 10.6 Å². The molecule has 3 N–H and O–H groups in total. The molecule has 0 unspecified atom stereocenters. The molecule has 1 aromatic carbocycles. The van der Waals surface area contributed by atoms with Gasteiger partial charge in [0.25, 0.3) is 5.91 Å². The summed E-state index contributed by atoms with van der Waals surface area (Å²) in [6.45, 7) is 2.63. The van der Waals surface area contributed by atoms with Crippen LogP contribution >= 0.6 is 0 Å². The van der Waals surface area contributed by atoms with Gasteiger partial charge in [0.15, 0.2) is 5.65 Å². The molecule has 1 fully saturated rings. The van der Waals surface area contributed by atoms with Gasteiger partial charge in [0.05, 0.1) is 11.9 Å². The highest BCUT2D eigenvalue weighted by Crippen LogP contribution is 2.24. The average Bonchev–Trinajstić information content (AvgIpc) is 3.12. The molecular weight excluding hydrogens is 330 g/mol. The first-order chi connectivity index (χ1) is 12.7. The van der Waals surface area contributed by atoms with E-state index in [1.54, 1.807) is 6.07 Å². The number of hydrogen-bond acceptors (Lipinski definition) is 5. The number of piperidine rings is 1. The van der Waals surface area contributed by atoms with Crippen LogP contribution in [0.4, 0.5) is 0 Å². The maximum atomic E-state index is 12.6. The van der Waals surface area contributed by atoms with Crippen molar-refractivity contribution in [1.29, 1.82) is 0 Å². The Morgan fingerprint density at radius 3 is 2.81 bits per heavy atom. The monoisotopic (exact) mass is 351 g/mol. The topological polar surface area (TPSA) is 91.6 Å². The fourth-order valence-corrected chi connectivity index (χ4v) is 3.28. The lowest BCUT2D eigenvalue weighted by Gasteiger charge is -2.22. The summed E-state index contributed by atoms with van der Waals surface area (Å²) in [6.07, 6.45) is 3.58. The Morgan fingerprint density at radius 1 is 1.27 bits per heavy atom. The van der Waals surface area contributed by atoms with Gasteiger partial charge in [-0.2, -0.15) is 9.61 Å². The van der Waals surface area contributed by atoms with E-state index in [0.717, 1.165) is 31.5 Å². The quantitative estimate of drug-likeness (QED) is 0.667. The van der Waals surface area contributed by atoms with Crippen molar-refractivity contribution in [2.75, 3.05) is 19.6 Å². The highest BCUT2D eigenvalue weighted by atomic mass is 16.3. The van der Waals surface area contributed by atoms with E-state index >= 15 is 0 Å². The number of benzene rings is 1. The number of amides is 1. The van der Waals surface area contributed by atoms with E-state index < -0.39 is 0 Å². The first-order valence-electron chi connectivity index (χ1n) is 8.84. The zero-order chi connectivity index (χ0) is 17.9. The van der Waals surface area contributed by atoms with Gasteiger partial charge in [-0.05, 0) is 31.8 Å². The minimum atomic E-state index is -0.212. The normalized spacial score (nSPS) is 15.2. The van der Waals surface area contributed by atoms with Crippen LogP contribution in [0.2, 0.25) is 0 Å². The van der Waals surface area contributed by atoms with Crippen molar-refractivity contribution in [2.24, 2.45) is 5.92 Å². The first-order valence-corrected chi connectivity index (χ1v) is 8.84. The Hall–Kier alpha value is -2.93. The van der Waals surface area contributed by atoms with Gasteiger partial charge in [0.2, 0.25) is 5.88 Å². The third-order valence-electron chi connectivity index (χ3n) is 4.78. The molecule has 134 valence electrons. The number of nitrogens with zero attached hydrogens (tertiary/aromatic N) is 3. The minimum absolute atomic E-state index is 0.0498. The van der Waals surface area contributed by atoms with Crippen LogP contribution in [-0.4, -0.2) is 45.2 Å². The second kappa shape index (κ2) is 7.13. The van der Waals surface area contributed by atoms with Crippen LogP contribution in [0.25, 0.3) is 16.9 Å². The third kappa shape index (κ3) is 3.25. The summed E-state index contributed by atoms with van der Waals surface area (Å²) in [4.78, 5) is 17.2. The van der Waals surface area contributed by atoms with Gasteiger partial charge in [0.1, 0.15) is 5.56 Å². The Labute approximate surface area is 151 Å². The largest absolute Gasteiger partial charge is 0.493 e. The van der Waals surface area contributed by atoms with Crippen LogP contribution in [0.5, 0.6) is 5.88 Å². The Kier molecular flexibility index (Phi) is 4.53. The van der Waals surface area contributed by atoms with Crippen LogP contribution in [0, 0.1) is 5.92 Å². The van der Waals surface area contributed by atoms with Crippen molar-refractivity contribution in [3.8, 4) is 17.1 Å². The second-order valence-corrected chi connectivity index (χ2v) is 6.56. The number of carbonyl (C=O) groups is 1. The summed E-state index contributed by atoms with van der Waals surface area (Å²) in [5, 5.41) is 20.7. The highest BCUT2D eigenvalue weighted by molar-refractivity contribution is 6.00. The van der Waals surface area contributed by atoms with Crippen LogP contribution in [-0.2, 0) is 0 Å². The Morgan fingerprint density at radius 2 is 2.04 bits per heavy atom. The van der Waals surface area contributed by atoms with E-state index in [0.29, 0.717) is 29.4 Å². The zero-order valence-electron chi connectivity index (χ0n) is 14.4. The molecule has 26 heavy (non-hydrogen) atoms. The molecule has 1 saturated heterocycles. The van der Waals surface area contributed by atoms with Crippen LogP contribution in [0.15, 0.2) is 42.6 Å². The second-order valence-electron chi connectivity index (χ2n) is 6.56. The molecular formula is C19H21N5O2. The van der Waals surface area contributed by atoms with E-state index in [1.165, 1.54) is 10.7 Å². The molecule has 7 heteroatoms. The predicted molar refractivity (Wildman–Crippen MR) is 98.0 cm³/mol. The number of aromatic hydroxyl groups is 1. The van der Waals surface area contributed by atoms with Crippen molar-refractivity contribution >= 4 is 11.6 Å². The van der Waals surface area contributed by atoms with E-state index in [4.69, 9.17) is 0 Å². The smallest absolute Gasteiger partial charge is 0.256 e. The molecule has 2 aromatic heterocycles. The van der Waals surface area contributed by atoms with Gasteiger partial charge in [-0.25, -0.2) is 4.98 Å². The van der Waals surface area contributed by atoms with Gasteiger partial charge in [-0.15, -0.1) is 0 Å². The molecule has 1 aliphatic heterocycles. The minimum Gasteiger partial charge on any atom is -0.493 e. The van der Waals surface area contributed by atoms with Gasteiger partial charge < -0.3 is 15.7 Å². The van der Waals surface area contributed by atoms with Crippen molar-refractivity contribution in [1.82, 2.24) is 25.2 Å². The van der Waals surface area contributed by atoms with Gasteiger partial charge in [0, 0.05) is 18.2 Å². The molecule has 0 radical (unpaired) electrons. The lowest BCUT2D eigenvalue weighted by molar-refractivity contribution is 0.0945. The lowest BCUT2D eigenvalue weighted by Crippen LogP contribution is -2.36. The third-order valence-corrected chi connectivity index (χ3v) is 4.78. The van der Waals surface area contributed by atoms with Crippen molar-refractivity contribution in [3.63, 3.8) is 0 Å². The molecule has 7 nitrogen and oxygen atoms in total. The Balaban J connectivity index is 1.60. The molecule has 0 spiro atoms. The molecule has 0 saturated carbocycles. The lowest BCUT2D eigenvalue weighted by atomic mass is 9.98. The number of hydrogen-bond donors (Lipinski definition) is 3. The maximum absolute atomic E-state index is 12.6. The van der Waals surface area contributed by atoms with E-state index in [1.807, 2.05) is 30.3 Å². The summed E-state index contributed by atoms with van der Waals surface area (Å²) in [5.74, 6) is 0.227. The number of fused-ring (bicyclic) bond motifs is 1. The van der Waals surface area contributed by atoms with Crippen LogP contribution in [0.1, 0.15) is 23.2 Å². The van der Waals surface area contributed by atoms with Gasteiger partial charge in [-0.3, -0.25) is 4.79 Å². The summed E-state index contributed by atoms with van der Waals surface area (Å²) >= 11 is 0. The number of carbonyl (C=O) groups excluding carboxylic acids is 1. The highest BCUT2D eigenvalue weighted by Gasteiger charge is 2.19. The predicted octanol–water partition coefficient (Wildman–Crippen LogP) is 1.83. The van der Waals surface area contributed by atoms with E-state index in [-0.39, 0.29) is 11.8 Å². The molecule has 0 atom stereocenters. The van der Waals surface area contributed by atoms with Crippen molar-refractivity contribution < 1.29 is 9.90 Å². The SMILES string of the molecule is O=C(NCC1CCNCC1)c1cnn2c(O)cc(-c3ccccc3)nc12. The summed E-state index contributed by atoms with van der Waals surface area (Å²) in [5.41, 5.74) is 2.19. The molecule has 3 heterocycles. The summed E-state index contributed by atoms with van der Waals surface area (Å²) < 4.78 is 1.28. The van der Waals surface area contributed by atoms with Gasteiger partial charge >= 0.3 is 0 Å². The summed E-state index contributed by atoms with van der Waals surface area (Å²) in [7, 11) is 0. The molecule has 0 aliphatic carbocycles. The fraction of sp³-hybridized carbons (Fsp3) is 0.316. The molecule has 1 aliphatic rings. The van der Waals surface area contributed by atoms with E-state index in [9.17, 15) is 9.90 Å². The van der Waals surface area contributed by atoms with Gasteiger partial charge in [-0.1, -0.05) is 30.3 Å². The Bertz CT molecular complexity index is 916. The number of rotatable bonds is 4. The zero-order valence-corrected chi connectivity index (χ0v) is 14.4. The van der Waals surface area contributed by atoms with Crippen LogP contribution in [0.3, 0.4) is 0 Å². The molecule has 4 rings (SSSR count). The standard InChI is InChI=1S/C19H21N5O2/c25-17-10-16(14-4-2-1-3-5-14)23-18-15(12-22-24(17)18)19(26)21-11-13-6-8-20-9-7-13/h1-5,10,12-13,20,25H,6-9,11H2,(H,21,26). The molecule has 1 amide bonds. The summed E-state index contributed by atoms with van der Waals surface area (Å²) in [6, 6.07) is 11.1. The average molecular weight is 351 g/mol. The molecule has 0 bridgehead atoms. The maximum Gasteiger partial charge on any atom is 0.256 e. The van der Waals surface area contributed by atoms with E-state index in [2.05, 4.69) is 20.7 Å². The van der Waals surface area contributed by atoms with Crippen molar-refractivity contribution in [2.45, 2.75) is 12.8 Å². The van der Waals surface area contributed by atoms with Crippen molar-refractivity contribution in [3.05, 3.63) is 48.2 Å².